The molecular formula is C20H27FN6O. The molecule has 1 fully saturated rings. The number of halogens is 1. The smallest absolute Gasteiger partial charge is 0.261 e. The normalized spacial score (nSPS) is 20.8. The molecule has 0 bridgehead atoms. The van der Waals surface area contributed by atoms with E-state index in [0.29, 0.717) is 31.3 Å². The van der Waals surface area contributed by atoms with E-state index in [4.69, 9.17) is 0 Å². The fourth-order valence-electron chi connectivity index (χ4n) is 4.11. The number of aromatic nitrogens is 3. The second-order valence-electron chi connectivity index (χ2n) is 8.43. The molecule has 0 aromatic carbocycles. The second-order valence-corrected chi connectivity index (χ2v) is 8.43. The maximum Gasteiger partial charge on any atom is 0.261 e. The first kappa shape index (κ1) is 18.9. The molecule has 2 aliphatic heterocycles. The molecule has 0 radical (unpaired) electrons. The number of nitrogens with one attached hydrogen (secondary N) is 2. The number of carbonyl (C=O) groups excluding carboxylic acids is 1. The number of H-pyrrole nitrogens is 1. The fourth-order valence-corrected chi connectivity index (χ4v) is 4.11. The van der Waals surface area contributed by atoms with Crippen molar-refractivity contribution in [1.29, 1.82) is 0 Å². The van der Waals surface area contributed by atoms with E-state index in [1.54, 1.807) is 4.90 Å². The van der Waals surface area contributed by atoms with Gasteiger partial charge in [0.15, 0.2) is 11.5 Å². The van der Waals surface area contributed by atoms with Crippen LogP contribution in [0.2, 0.25) is 0 Å². The minimum Gasteiger partial charge on any atom is -0.325 e. The Morgan fingerprint density at radius 3 is 2.68 bits per heavy atom. The molecule has 28 heavy (non-hydrogen) atoms. The highest BCUT2D eigenvalue weighted by Crippen LogP contribution is 2.43. The quantitative estimate of drug-likeness (QED) is 0.848. The van der Waals surface area contributed by atoms with Crippen LogP contribution in [0.25, 0.3) is 0 Å². The Morgan fingerprint density at radius 2 is 2.00 bits per heavy atom. The van der Waals surface area contributed by atoms with E-state index in [9.17, 15) is 4.79 Å². The Bertz CT molecular complexity index is 900. The average Bonchev–Trinajstić information content (AvgIpc) is 3.16. The van der Waals surface area contributed by atoms with Gasteiger partial charge in [-0.1, -0.05) is 6.07 Å². The van der Waals surface area contributed by atoms with Crippen molar-refractivity contribution < 1.29 is 9.18 Å². The number of nitrogens with zero attached hydrogens (tertiary/aromatic N) is 4. The number of carbonyl (C=O) groups is 1. The SMILES string of the molecule is Cc1cccc(Nc2n[nH]c3c2CN(C(=O)C2(F)CCN(C)CC2)C3(C)C)n1. The molecule has 2 N–H and O–H groups in total. The monoisotopic (exact) mass is 386 g/mol. The van der Waals surface area contributed by atoms with Crippen LogP contribution in [0.15, 0.2) is 18.2 Å². The zero-order valence-corrected chi connectivity index (χ0v) is 16.8. The average molecular weight is 386 g/mol. The van der Waals surface area contributed by atoms with Gasteiger partial charge in [-0.25, -0.2) is 9.37 Å². The Kier molecular flexibility index (Phi) is 4.41. The second kappa shape index (κ2) is 6.55. The molecule has 1 amide bonds. The van der Waals surface area contributed by atoms with Crippen LogP contribution < -0.4 is 5.32 Å². The van der Waals surface area contributed by atoms with Crippen LogP contribution in [0.3, 0.4) is 0 Å². The molecule has 150 valence electrons. The molecule has 1 saturated heterocycles. The van der Waals surface area contributed by atoms with Gasteiger partial charge in [-0.3, -0.25) is 9.89 Å². The fraction of sp³-hybridized carbons (Fsp3) is 0.550. The van der Waals surface area contributed by atoms with Crippen molar-refractivity contribution in [3.63, 3.8) is 0 Å². The van der Waals surface area contributed by atoms with E-state index in [0.717, 1.165) is 17.0 Å². The van der Waals surface area contributed by atoms with Gasteiger partial charge in [0.25, 0.3) is 5.91 Å². The number of aryl methyl sites for hydroxylation is 1. The van der Waals surface area contributed by atoms with Crippen molar-refractivity contribution in [2.45, 2.75) is 51.4 Å². The number of alkyl halides is 1. The van der Waals surface area contributed by atoms with Crippen LogP contribution in [-0.2, 0) is 16.9 Å². The van der Waals surface area contributed by atoms with Crippen LogP contribution in [0.5, 0.6) is 0 Å². The first-order chi connectivity index (χ1) is 13.2. The standard InChI is InChI=1S/C20H27FN6O/c1-13-6-5-7-15(22-13)23-17-14-12-27(19(2,3)16(14)24-25-17)18(28)20(21)8-10-26(4)11-9-20/h5-7H,8-12H2,1-4H3,(H2,22,23,24,25). The summed E-state index contributed by atoms with van der Waals surface area (Å²) in [5.41, 5.74) is 0.176. The van der Waals surface area contributed by atoms with Crippen molar-refractivity contribution in [1.82, 2.24) is 25.0 Å². The molecule has 0 saturated carbocycles. The van der Waals surface area contributed by atoms with Gasteiger partial charge < -0.3 is 15.1 Å². The lowest BCUT2D eigenvalue weighted by Gasteiger charge is -2.40. The summed E-state index contributed by atoms with van der Waals surface area (Å²) in [4.78, 5) is 21.3. The summed E-state index contributed by atoms with van der Waals surface area (Å²) in [6.45, 7) is 7.30. The van der Waals surface area contributed by atoms with Gasteiger partial charge in [-0.2, -0.15) is 5.10 Å². The van der Waals surface area contributed by atoms with E-state index < -0.39 is 17.1 Å². The first-order valence-corrected chi connectivity index (χ1v) is 9.69. The number of aromatic amines is 1. The first-order valence-electron chi connectivity index (χ1n) is 9.69. The van der Waals surface area contributed by atoms with Crippen molar-refractivity contribution >= 4 is 17.5 Å². The van der Waals surface area contributed by atoms with Crippen LogP contribution in [0, 0.1) is 6.92 Å². The lowest BCUT2D eigenvalue weighted by molar-refractivity contribution is -0.153. The van der Waals surface area contributed by atoms with Gasteiger partial charge >= 0.3 is 0 Å². The number of hydrogen-bond acceptors (Lipinski definition) is 5. The van der Waals surface area contributed by atoms with Gasteiger partial charge in [0.05, 0.1) is 17.8 Å². The predicted octanol–water partition coefficient (Wildman–Crippen LogP) is 2.87. The predicted molar refractivity (Wildman–Crippen MR) is 105 cm³/mol. The lowest BCUT2D eigenvalue weighted by Crippen LogP contribution is -2.54. The molecule has 0 aliphatic carbocycles. The van der Waals surface area contributed by atoms with Gasteiger partial charge in [-0.05, 0) is 40.0 Å². The van der Waals surface area contributed by atoms with Crippen molar-refractivity contribution in [2.75, 3.05) is 25.5 Å². The molecule has 8 heteroatoms. The van der Waals surface area contributed by atoms with E-state index >= 15 is 4.39 Å². The largest absolute Gasteiger partial charge is 0.325 e. The summed E-state index contributed by atoms with van der Waals surface area (Å²) in [5.74, 6) is 0.900. The highest BCUT2D eigenvalue weighted by Gasteiger charge is 2.51. The van der Waals surface area contributed by atoms with Gasteiger partial charge in [-0.15, -0.1) is 0 Å². The minimum atomic E-state index is -1.80. The van der Waals surface area contributed by atoms with Crippen LogP contribution in [-0.4, -0.2) is 56.7 Å². The Morgan fingerprint density at radius 1 is 1.29 bits per heavy atom. The molecule has 2 aromatic heterocycles. The van der Waals surface area contributed by atoms with E-state index in [-0.39, 0.29) is 12.8 Å². The summed E-state index contributed by atoms with van der Waals surface area (Å²) in [6, 6.07) is 5.71. The summed E-state index contributed by atoms with van der Waals surface area (Å²) >= 11 is 0. The van der Waals surface area contributed by atoms with Crippen LogP contribution in [0.4, 0.5) is 16.0 Å². The number of hydrogen-bond donors (Lipinski definition) is 2. The van der Waals surface area contributed by atoms with Crippen molar-refractivity contribution in [3.8, 4) is 0 Å². The Hall–Kier alpha value is -2.48. The highest BCUT2D eigenvalue weighted by atomic mass is 19.1. The molecule has 7 nitrogen and oxygen atoms in total. The Balaban J connectivity index is 1.59. The number of fused-ring (bicyclic) bond motifs is 1. The Labute approximate surface area is 164 Å². The van der Waals surface area contributed by atoms with E-state index in [2.05, 4.69) is 25.4 Å². The maximum absolute atomic E-state index is 15.5. The van der Waals surface area contributed by atoms with Crippen LogP contribution >= 0.6 is 0 Å². The van der Waals surface area contributed by atoms with Crippen molar-refractivity contribution in [2.24, 2.45) is 0 Å². The third-order valence-electron chi connectivity index (χ3n) is 6.01. The summed E-state index contributed by atoms with van der Waals surface area (Å²) in [6.07, 6.45) is 0.471. The number of rotatable bonds is 3. The molecule has 4 rings (SSSR count). The number of likely N-dealkylation sites (tertiary alicyclic amines) is 1. The molecule has 2 aromatic rings. The summed E-state index contributed by atoms with van der Waals surface area (Å²) < 4.78 is 15.5. The third kappa shape index (κ3) is 3.05. The highest BCUT2D eigenvalue weighted by molar-refractivity contribution is 5.87. The van der Waals surface area contributed by atoms with Crippen molar-refractivity contribution in [3.05, 3.63) is 35.2 Å². The minimum absolute atomic E-state index is 0.236. The summed E-state index contributed by atoms with van der Waals surface area (Å²) in [5, 5.41) is 10.7. The number of anilines is 2. The van der Waals surface area contributed by atoms with Crippen LogP contribution in [0.1, 0.15) is 43.6 Å². The van der Waals surface area contributed by atoms with Gasteiger partial charge in [0, 0.05) is 37.2 Å². The number of piperidine rings is 1. The van der Waals surface area contributed by atoms with E-state index in [1.807, 2.05) is 46.0 Å². The lowest BCUT2D eigenvalue weighted by atomic mass is 9.90. The molecule has 0 atom stereocenters. The number of pyridine rings is 1. The van der Waals surface area contributed by atoms with Gasteiger partial charge in [0.1, 0.15) is 5.82 Å². The van der Waals surface area contributed by atoms with Gasteiger partial charge in [0.2, 0.25) is 0 Å². The molecular weight excluding hydrogens is 359 g/mol. The zero-order chi connectivity index (χ0) is 20.1. The molecule has 0 unspecified atom stereocenters. The maximum atomic E-state index is 15.5. The van der Waals surface area contributed by atoms with E-state index in [1.165, 1.54) is 0 Å². The number of amides is 1. The summed E-state index contributed by atoms with van der Waals surface area (Å²) in [7, 11) is 1.96. The molecule has 2 aliphatic rings. The zero-order valence-electron chi connectivity index (χ0n) is 16.8. The third-order valence-corrected chi connectivity index (χ3v) is 6.01. The topological polar surface area (TPSA) is 77.2 Å². The molecule has 4 heterocycles. The molecule has 0 spiro atoms.